The SMILES string of the molecule is CC[C@@]1(O)[C@@H](C(=O)c2cc3ccccc3[nH]2)CCN(C)[C@@H]1C#N. The summed E-state index contributed by atoms with van der Waals surface area (Å²) in [7, 11) is 1.82. The lowest BCUT2D eigenvalue weighted by atomic mass is 9.71. The molecule has 1 fully saturated rings. The van der Waals surface area contributed by atoms with E-state index in [2.05, 4.69) is 11.1 Å². The maximum Gasteiger partial charge on any atom is 0.185 e. The van der Waals surface area contributed by atoms with E-state index in [-0.39, 0.29) is 5.78 Å². The Morgan fingerprint density at radius 1 is 1.52 bits per heavy atom. The minimum absolute atomic E-state index is 0.112. The number of fused-ring (bicyclic) bond motifs is 1. The van der Waals surface area contributed by atoms with Crippen LogP contribution in [-0.4, -0.2) is 46.0 Å². The van der Waals surface area contributed by atoms with Crippen molar-refractivity contribution in [2.45, 2.75) is 31.4 Å². The first-order valence-electron chi connectivity index (χ1n) is 7.95. The molecule has 120 valence electrons. The molecule has 23 heavy (non-hydrogen) atoms. The average molecular weight is 311 g/mol. The number of hydrogen-bond acceptors (Lipinski definition) is 4. The van der Waals surface area contributed by atoms with Crippen LogP contribution in [0.25, 0.3) is 10.9 Å². The van der Waals surface area contributed by atoms with Crippen LogP contribution in [0.4, 0.5) is 0 Å². The summed E-state index contributed by atoms with van der Waals surface area (Å²) >= 11 is 0. The molecule has 5 nitrogen and oxygen atoms in total. The van der Waals surface area contributed by atoms with Gasteiger partial charge in [-0.2, -0.15) is 5.26 Å². The normalized spacial score (nSPS) is 28.6. The van der Waals surface area contributed by atoms with Gasteiger partial charge in [-0.15, -0.1) is 0 Å². The lowest BCUT2D eigenvalue weighted by Gasteiger charge is -2.46. The zero-order valence-electron chi connectivity index (χ0n) is 13.4. The highest BCUT2D eigenvalue weighted by atomic mass is 16.3. The van der Waals surface area contributed by atoms with E-state index in [1.54, 1.807) is 0 Å². The van der Waals surface area contributed by atoms with Crippen LogP contribution in [0, 0.1) is 17.2 Å². The van der Waals surface area contributed by atoms with Gasteiger partial charge in [-0.3, -0.25) is 9.69 Å². The van der Waals surface area contributed by atoms with Gasteiger partial charge in [-0.05, 0) is 38.6 Å². The van der Waals surface area contributed by atoms with Gasteiger partial charge in [-0.1, -0.05) is 25.1 Å². The topological polar surface area (TPSA) is 80.1 Å². The molecule has 2 N–H and O–H groups in total. The number of aromatic amines is 1. The van der Waals surface area contributed by atoms with Crippen LogP contribution in [0.2, 0.25) is 0 Å². The molecule has 0 spiro atoms. The second-order valence-corrected chi connectivity index (χ2v) is 6.33. The molecule has 3 atom stereocenters. The molecule has 0 amide bonds. The fraction of sp³-hybridized carbons (Fsp3) is 0.444. The van der Waals surface area contributed by atoms with Crippen LogP contribution in [0.1, 0.15) is 30.3 Å². The van der Waals surface area contributed by atoms with Crippen LogP contribution in [0.3, 0.4) is 0 Å². The molecule has 0 aliphatic carbocycles. The van der Waals surface area contributed by atoms with Crippen molar-refractivity contribution in [1.29, 1.82) is 5.26 Å². The number of H-pyrrole nitrogens is 1. The number of piperidine rings is 1. The Balaban J connectivity index is 1.98. The average Bonchev–Trinajstić information content (AvgIpc) is 2.99. The minimum atomic E-state index is -1.32. The van der Waals surface area contributed by atoms with Crippen molar-refractivity contribution in [3.05, 3.63) is 36.0 Å². The largest absolute Gasteiger partial charge is 0.386 e. The number of Topliss-reactive ketones (excluding diaryl/α,β-unsaturated/α-hetero) is 1. The number of ketones is 1. The summed E-state index contributed by atoms with van der Waals surface area (Å²) in [5.41, 5.74) is 0.0841. The Morgan fingerprint density at radius 2 is 2.26 bits per heavy atom. The Kier molecular flexibility index (Phi) is 3.97. The number of nitrogens with zero attached hydrogens (tertiary/aromatic N) is 2. The first kappa shape index (κ1) is 15.7. The second kappa shape index (κ2) is 5.80. The molecule has 0 radical (unpaired) electrons. The van der Waals surface area contributed by atoms with Gasteiger partial charge in [-0.25, -0.2) is 0 Å². The summed E-state index contributed by atoms with van der Waals surface area (Å²) in [5.74, 6) is -0.680. The van der Waals surface area contributed by atoms with Gasteiger partial charge in [0.2, 0.25) is 0 Å². The van der Waals surface area contributed by atoms with E-state index in [1.807, 2.05) is 49.2 Å². The standard InChI is InChI=1S/C18H21N3O2/c1-3-18(23)13(8-9-21(2)16(18)11-19)17(22)15-10-12-6-4-5-7-14(12)20-15/h4-7,10,13,16,20,23H,3,8-9H2,1-2H3/t13-,16-,18-/m1/s1. The van der Waals surface area contributed by atoms with Gasteiger partial charge >= 0.3 is 0 Å². The molecule has 5 heteroatoms. The number of aromatic nitrogens is 1. The summed E-state index contributed by atoms with van der Waals surface area (Å²) in [6.45, 7) is 2.45. The van der Waals surface area contributed by atoms with E-state index in [0.717, 1.165) is 10.9 Å². The highest BCUT2D eigenvalue weighted by Crippen LogP contribution is 2.37. The molecule has 1 aliphatic heterocycles. The molecule has 0 saturated carbocycles. The Bertz CT molecular complexity index is 743. The van der Waals surface area contributed by atoms with Crippen LogP contribution in [-0.2, 0) is 0 Å². The van der Waals surface area contributed by atoms with Gasteiger partial charge in [0.05, 0.1) is 17.7 Å². The van der Waals surface area contributed by atoms with E-state index in [0.29, 0.717) is 25.1 Å². The fourth-order valence-electron chi connectivity index (χ4n) is 3.69. The molecule has 1 saturated heterocycles. The molecule has 2 aromatic rings. The van der Waals surface area contributed by atoms with Crippen molar-refractivity contribution in [2.24, 2.45) is 5.92 Å². The number of benzene rings is 1. The van der Waals surface area contributed by atoms with Crippen molar-refractivity contribution in [2.75, 3.05) is 13.6 Å². The third kappa shape index (κ3) is 2.44. The minimum Gasteiger partial charge on any atom is -0.386 e. The maximum absolute atomic E-state index is 13.0. The predicted molar refractivity (Wildman–Crippen MR) is 88.0 cm³/mol. The third-order valence-electron chi connectivity index (χ3n) is 5.09. The third-order valence-corrected chi connectivity index (χ3v) is 5.09. The zero-order valence-corrected chi connectivity index (χ0v) is 13.4. The van der Waals surface area contributed by atoms with Crippen LogP contribution >= 0.6 is 0 Å². The lowest BCUT2D eigenvalue weighted by molar-refractivity contribution is -0.0853. The number of likely N-dealkylation sites (N-methyl/N-ethyl adjacent to an activating group) is 1. The summed E-state index contributed by atoms with van der Waals surface area (Å²) in [6, 6.07) is 11.0. The summed E-state index contributed by atoms with van der Waals surface area (Å²) in [4.78, 5) is 18.0. The van der Waals surface area contributed by atoms with E-state index in [4.69, 9.17) is 0 Å². The van der Waals surface area contributed by atoms with Gasteiger partial charge in [0.15, 0.2) is 5.78 Å². The van der Waals surface area contributed by atoms with Gasteiger partial charge in [0, 0.05) is 10.9 Å². The molecule has 0 bridgehead atoms. The van der Waals surface area contributed by atoms with Crippen LogP contribution in [0.5, 0.6) is 0 Å². The Hall–Kier alpha value is -2.16. The van der Waals surface area contributed by atoms with Crippen molar-refractivity contribution in [1.82, 2.24) is 9.88 Å². The van der Waals surface area contributed by atoms with Crippen molar-refractivity contribution in [3.63, 3.8) is 0 Å². The summed E-state index contributed by atoms with van der Waals surface area (Å²) < 4.78 is 0. The highest BCUT2D eigenvalue weighted by Gasteiger charge is 2.51. The molecular weight excluding hydrogens is 290 g/mol. The molecule has 1 aromatic carbocycles. The van der Waals surface area contributed by atoms with Crippen LogP contribution in [0.15, 0.2) is 30.3 Å². The number of rotatable bonds is 3. The number of nitrogens with one attached hydrogen (secondary N) is 1. The van der Waals surface area contributed by atoms with Crippen molar-refractivity contribution < 1.29 is 9.90 Å². The Labute approximate surface area is 135 Å². The quantitative estimate of drug-likeness (QED) is 0.853. The number of carbonyl (C=O) groups is 1. The highest BCUT2D eigenvalue weighted by molar-refractivity contribution is 6.01. The van der Waals surface area contributed by atoms with Crippen LogP contribution < -0.4 is 0 Å². The van der Waals surface area contributed by atoms with Gasteiger partial charge < -0.3 is 10.1 Å². The van der Waals surface area contributed by atoms with Gasteiger partial charge in [0.1, 0.15) is 11.6 Å². The number of nitriles is 1. The molecule has 3 rings (SSSR count). The summed E-state index contributed by atoms with van der Waals surface area (Å²) in [6.07, 6.45) is 0.916. The smallest absolute Gasteiger partial charge is 0.185 e. The number of likely N-dealkylation sites (tertiary alicyclic amines) is 1. The number of para-hydroxylation sites is 1. The molecule has 0 unspecified atom stereocenters. The van der Waals surface area contributed by atoms with E-state index in [9.17, 15) is 15.2 Å². The number of aliphatic hydroxyl groups is 1. The van der Waals surface area contributed by atoms with Gasteiger partial charge in [0.25, 0.3) is 0 Å². The molecule has 1 aliphatic rings. The molecule has 1 aromatic heterocycles. The first-order valence-corrected chi connectivity index (χ1v) is 7.95. The van der Waals surface area contributed by atoms with E-state index < -0.39 is 17.6 Å². The van der Waals surface area contributed by atoms with E-state index >= 15 is 0 Å². The first-order chi connectivity index (χ1) is 11.0. The maximum atomic E-state index is 13.0. The molecule has 2 heterocycles. The van der Waals surface area contributed by atoms with E-state index in [1.165, 1.54) is 0 Å². The number of hydrogen-bond donors (Lipinski definition) is 2. The fourth-order valence-corrected chi connectivity index (χ4v) is 3.69. The monoisotopic (exact) mass is 311 g/mol. The summed E-state index contributed by atoms with van der Waals surface area (Å²) in [5, 5.41) is 21.5. The Morgan fingerprint density at radius 3 is 2.91 bits per heavy atom. The van der Waals surface area contributed by atoms with Crippen molar-refractivity contribution in [3.8, 4) is 6.07 Å². The molecular formula is C18H21N3O2. The van der Waals surface area contributed by atoms with Crippen molar-refractivity contribution >= 4 is 16.7 Å². The predicted octanol–water partition coefficient (Wildman–Crippen LogP) is 2.34. The zero-order chi connectivity index (χ0) is 16.6. The second-order valence-electron chi connectivity index (χ2n) is 6.33. The number of carbonyl (C=O) groups excluding carboxylic acids is 1. The lowest BCUT2D eigenvalue weighted by Crippen LogP contribution is -2.61.